The SMILES string of the molecule is C=CC=N/C(=C\C)C(=N)N.N#Cc1ccc(NN)cc1Cl. The molecule has 0 unspecified atom stereocenters. The summed E-state index contributed by atoms with van der Waals surface area (Å²) < 4.78 is 0. The Kier molecular flexibility index (Phi) is 8.93. The number of benzene rings is 1. The maximum absolute atomic E-state index is 8.50. The quantitative estimate of drug-likeness (QED) is 0.295. The van der Waals surface area contributed by atoms with Crippen LogP contribution in [-0.4, -0.2) is 12.1 Å². The normalized spacial score (nSPS) is 10.3. The first-order valence-electron chi connectivity index (χ1n) is 5.82. The number of nitrogens with two attached hydrogens (primary N) is 2. The number of nitriles is 1. The molecule has 0 aliphatic carbocycles. The van der Waals surface area contributed by atoms with E-state index in [1.165, 1.54) is 12.3 Å². The van der Waals surface area contributed by atoms with Gasteiger partial charge in [0.05, 0.1) is 16.3 Å². The third-order valence-electron chi connectivity index (χ3n) is 2.12. The lowest BCUT2D eigenvalue weighted by atomic mass is 10.2. The molecule has 0 saturated carbocycles. The molecule has 0 atom stereocenters. The predicted octanol–water partition coefficient (Wildman–Crippen LogP) is 2.58. The molecule has 0 aliphatic heterocycles. The Morgan fingerprint density at radius 2 is 2.24 bits per heavy atom. The van der Waals surface area contributed by atoms with Gasteiger partial charge in [-0.3, -0.25) is 16.2 Å². The fourth-order valence-electron chi connectivity index (χ4n) is 1.13. The molecule has 1 rings (SSSR count). The van der Waals surface area contributed by atoms with E-state index in [-0.39, 0.29) is 5.84 Å². The molecule has 0 radical (unpaired) electrons. The average molecular weight is 305 g/mol. The zero-order valence-electron chi connectivity index (χ0n) is 11.6. The van der Waals surface area contributed by atoms with Crippen molar-refractivity contribution in [3.63, 3.8) is 0 Å². The van der Waals surface area contributed by atoms with E-state index in [0.29, 0.717) is 22.0 Å². The second-order valence-corrected chi connectivity index (χ2v) is 3.96. The molecule has 7 heteroatoms. The van der Waals surface area contributed by atoms with Gasteiger partial charge in [0.25, 0.3) is 0 Å². The summed E-state index contributed by atoms with van der Waals surface area (Å²) in [4.78, 5) is 3.83. The zero-order chi connectivity index (χ0) is 16.3. The summed E-state index contributed by atoms with van der Waals surface area (Å²) >= 11 is 5.69. The fraction of sp³-hybridized carbons (Fsp3) is 0.0714. The number of hydrogen-bond acceptors (Lipinski definition) is 5. The Balaban J connectivity index is 0.000000384. The highest BCUT2D eigenvalue weighted by molar-refractivity contribution is 6.32. The van der Waals surface area contributed by atoms with Crippen molar-refractivity contribution >= 4 is 29.3 Å². The highest BCUT2D eigenvalue weighted by atomic mass is 35.5. The van der Waals surface area contributed by atoms with Crippen LogP contribution in [0, 0.1) is 16.7 Å². The third-order valence-corrected chi connectivity index (χ3v) is 2.44. The minimum atomic E-state index is -0.0272. The molecule has 0 saturated heterocycles. The topological polar surface area (TPSA) is 124 Å². The average Bonchev–Trinajstić information content (AvgIpc) is 2.48. The molecular formula is C14H17ClN6. The Labute approximate surface area is 128 Å². The summed E-state index contributed by atoms with van der Waals surface area (Å²) in [6, 6.07) is 6.84. The highest BCUT2D eigenvalue weighted by Gasteiger charge is 1.98. The number of hydrogen-bond donors (Lipinski definition) is 4. The molecule has 1 aromatic carbocycles. The molecule has 0 aromatic heterocycles. The van der Waals surface area contributed by atoms with Crippen LogP contribution in [0.5, 0.6) is 0 Å². The Morgan fingerprint density at radius 3 is 2.62 bits per heavy atom. The first-order valence-corrected chi connectivity index (χ1v) is 6.20. The molecule has 0 fully saturated rings. The van der Waals surface area contributed by atoms with Crippen LogP contribution >= 0.6 is 11.6 Å². The second-order valence-electron chi connectivity index (χ2n) is 3.55. The van der Waals surface area contributed by atoms with Crippen LogP contribution in [0.25, 0.3) is 0 Å². The van der Waals surface area contributed by atoms with Gasteiger partial charge in [-0.25, -0.2) is 0 Å². The van der Waals surface area contributed by atoms with Crippen molar-refractivity contribution in [3.8, 4) is 6.07 Å². The van der Waals surface area contributed by atoms with Gasteiger partial charge in [-0.15, -0.1) is 0 Å². The molecule has 0 aliphatic rings. The minimum Gasteiger partial charge on any atom is -0.382 e. The fourth-order valence-corrected chi connectivity index (χ4v) is 1.35. The van der Waals surface area contributed by atoms with Crippen molar-refractivity contribution in [2.45, 2.75) is 6.92 Å². The molecular weight excluding hydrogens is 288 g/mol. The summed E-state index contributed by atoms with van der Waals surface area (Å²) in [5.74, 6) is 5.09. The zero-order valence-corrected chi connectivity index (χ0v) is 12.4. The molecule has 6 N–H and O–H groups in total. The Bertz CT molecular complexity index is 598. The van der Waals surface area contributed by atoms with Crippen molar-refractivity contribution in [2.75, 3.05) is 5.43 Å². The summed E-state index contributed by atoms with van der Waals surface area (Å²) in [7, 11) is 0. The summed E-state index contributed by atoms with van der Waals surface area (Å²) in [5.41, 5.74) is 9.19. The van der Waals surface area contributed by atoms with Crippen LogP contribution in [0.2, 0.25) is 5.02 Å². The van der Waals surface area contributed by atoms with Gasteiger partial charge in [-0.2, -0.15) is 5.26 Å². The van der Waals surface area contributed by atoms with Gasteiger partial charge in [0, 0.05) is 6.21 Å². The minimum absolute atomic E-state index is 0.0272. The largest absolute Gasteiger partial charge is 0.382 e. The first kappa shape index (κ1) is 18.4. The highest BCUT2D eigenvalue weighted by Crippen LogP contribution is 2.18. The van der Waals surface area contributed by atoms with Gasteiger partial charge in [-0.1, -0.05) is 30.3 Å². The lowest BCUT2D eigenvalue weighted by Gasteiger charge is -1.99. The van der Waals surface area contributed by atoms with Gasteiger partial charge in [0.1, 0.15) is 17.6 Å². The maximum atomic E-state index is 8.50. The number of nitrogen functional groups attached to an aromatic ring is 1. The van der Waals surface area contributed by atoms with E-state index >= 15 is 0 Å². The molecule has 0 heterocycles. The lowest BCUT2D eigenvalue weighted by molar-refractivity contribution is 1.34. The van der Waals surface area contributed by atoms with Crippen LogP contribution in [-0.2, 0) is 0 Å². The van der Waals surface area contributed by atoms with Crippen LogP contribution < -0.4 is 17.0 Å². The van der Waals surface area contributed by atoms with Crippen molar-refractivity contribution in [3.05, 3.63) is 53.2 Å². The van der Waals surface area contributed by atoms with E-state index in [0.717, 1.165) is 0 Å². The van der Waals surface area contributed by atoms with Gasteiger partial charge in [0.2, 0.25) is 0 Å². The van der Waals surface area contributed by atoms with Gasteiger partial charge in [0.15, 0.2) is 0 Å². The van der Waals surface area contributed by atoms with Crippen LogP contribution in [0.4, 0.5) is 5.69 Å². The smallest absolute Gasteiger partial charge is 0.141 e. The summed E-state index contributed by atoms with van der Waals surface area (Å²) in [6.45, 7) is 5.21. The Morgan fingerprint density at radius 1 is 1.57 bits per heavy atom. The number of amidine groups is 1. The maximum Gasteiger partial charge on any atom is 0.141 e. The molecule has 0 spiro atoms. The summed E-state index contributed by atoms with van der Waals surface area (Å²) in [5, 5.41) is 15.9. The lowest BCUT2D eigenvalue weighted by Crippen LogP contribution is -2.11. The Hall–Kier alpha value is -2.62. The van der Waals surface area contributed by atoms with E-state index < -0.39 is 0 Å². The van der Waals surface area contributed by atoms with Gasteiger partial charge >= 0.3 is 0 Å². The number of aliphatic imine (C=N–C) groups is 1. The third kappa shape index (κ3) is 6.92. The molecule has 6 nitrogen and oxygen atoms in total. The van der Waals surface area contributed by atoms with Crippen LogP contribution in [0.3, 0.4) is 0 Å². The molecule has 0 bridgehead atoms. The van der Waals surface area contributed by atoms with Crippen LogP contribution in [0.15, 0.2) is 47.6 Å². The van der Waals surface area contributed by atoms with Gasteiger partial charge in [-0.05, 0) is 25.1 Å². The number of rotatable bonds is 4. The second kappa shape index (κ2) is 10.2. The van der Waals surface area contributed by atoms with Crippen molar-refractivity contribution < 1.29 is 0 Å². The van der Waals surface area contributed by atoms with Crippen molar-refractivity contribution in [1.29, 1.82) is 10.7 Å². The number of anilines is 1. The molecule has 21 heavy (non-hydrogen) atoms. The first-order chi connectivity index (χ1) is 9.99. The number of halogens is 1. The van der Waals surface area contributed by atoms with E-state index in [2.05, 4.69) is 17.0 Å². The number of hydrazine groups is 1. The molecule has 110 valence electrons. The number of nitrogens with zero attached hydrogens (tertiary/aromatic N) is 2. The van der Waals surface area contributed by atoms with E-state index in [9.17, 15) is 0 Å². The summed E-state index contributed by atoms with van der Waals surface area (Å²) in [6.07, 6.45) is 4.70. The predicted molar refractivity (Wildman–Crippen MR) is 88.3 cm³/mol. The van der Waals surface area contributed by atoms with Gasteiger partial charge < -0.3 is 11.2 Å². The van der Waals surface area contributed by atoms with E-state index in [1.54, 1.807) is 31.2 Å². The standard InChI is InChI=1S/C7H6ClN3.C7H11N3/c8-7-3-6(11-10)2-1-5(7)4-9;1-3-5-10-6(4-2)7(8)9/h1-3,11H,10H2;3-5H,1H2,2H3,(H3,8,9)/b;6-4-,10-5?. The van der Waals surface area contributed by atoms with Crippen LogP contribution in [0.1, 0.15) is 12.5 Å². The number of nitrogens with one attached hydrogen (secondary N) is 2. The van der Waals surface area contributed by atoms with Crippen molar-refractivity contribution in [2.24, 2.45) is 16.6 Å². The van der Waals surface area contributed by atoms with E-state index in [4.69, 9.17) is 33.8 Å². The monoisotopic (exact) mass is 304 g/mol. The number of allylic oxidation sites excluding steroid dienone is 2. The molecule has 0 amide bonds. The molecule has 1 aromatic rings. The van der Waals surface area contributed by atoms with Crippen molar-refractivity contribution in [1.82, 2.24) is 0 Å². The van der Waals surface area contributed by atoms with E-state index in [1.807, 2.05) is 6.07 Å².